The minimum atomic E-state index is 0.0435. The Morgan fingerprint density at radius 2 is 2.00 bits per heavy atom. The maximum Gasteiger partial charge on any atom is 0.225 e. The summed E-state index contributed by atoms with van der Waals surface area (Å²) < 4.78 is 5.27. The molecule has 0 aromatic carbocycles. The lowest BCUT2D eigenvalue weighted by Crippen LogP contribution is -2.31. The zero-order valence-corrected chi connectivity index (χ0v) is 20.1. The van der Waals surface area contributed by atoms with Gasteiger partial charge in [-0.3, -0.25) is 4.90 Å². The highest BCUT2D eigenvalue weighted by molar-refractivity contribution is 7.09. The number of aromatic nitrogens is 7. The number of methoxy groups -OCH3 is 1. The Morgan fingerprint density at radius 1 is 1.12 bits per heavy atom. The van der Waals surface area contributed by atoms with Gasteiger partial charge in [-0.2, -0.15) is 0 Å². The summed E-state index contributed by atoms with van der Waals surface area (Å²) in [6, 6.07) is 1.84. The summed E-state index contributed by atoms with van der Waals surface area (Å²) in [5.74, 6) is 2.36. The average Bonchev–Trinajstić information content (AvgIpc) is 3.51. The summed E-state index contributed by atoms with van der Waals surface area (Å²) in [4.78, 5) is 37.8. The van der Waals surface area contributed by atoms with Crippen molar-refractivity contribution in [3.63, 3.8) is 0 Å². The van der Waals surface area contributed by atoms with Crippen LogP contribution in [0.1, 0.15) is 16.7 Å². The fourth-order valence-electron chi connectivity index (χ4n) is 4.17. The molecule has 1 N–H and O–H groups in total. The number of ether oxygens (including phenoxy) is 1. The Kier molecular flexibility index (Phi) is 6.88. The van der Waals surface area contributed by atoms with E-state index in [0.717, 1.165) is 60.8 Å². The first kappa shape index (κ1) is 22.6. The molecule has 4 aromatic rings. The van der Waals surface area contributed by atoms with Gasteiger partial charge < -0.3 is 19.5 Å². The number of rotatable bonds is 8. The molecule has 0 radical (unpaired) electrons. The number of fused-ring (bicyclic) bond motifs is 1. The lowest BCUT2D eigenvalue weighted by molar-refractivity contribution is 0.206. The fraction of sp³-hybridized carbons (Fsp3) is 0.455. The molecule has 5 heterocycles. The van der Waals surface area contributed by atoms with E-state index in [-0.39, 0.29) is 5.92 Å². The first-order chi connectivity index (χ1) is 16.7. The highest BCUT2D eigenvalue weighted by Crippen LogP contribution is 2.27. The van der Waals surface area contributed by atoms with Gasteiger partial charge in [0.15, 0.2) is 11.5 Å². The molecule has 0 saturated carbocycles. The second-order valence-corrected chi connectivity index (χ2v) is 9.25. The Balaban J connectivity index is 1.49. The SMILES string of the molecule is COCCN(C)c1nc(C2CN(Cc3nccs3)CCN(c3ncccn3)C2)nc2nc[nH]c12. The minimum Gasteiger partial charge on any atom is -0.383 e. The highest BCUT2D eigenvalue weighted by Gasteiger charge is 2.29. The van der Waals surface area contributed by atoms with Crippen LogP contribution in [0.2, 0.25) is 0 Å². The number of thiazole rings is 1. The maximum atomic E-state index is 5.27. The van der Waals surface area contributed by atoms with Crippen molar-refractivity contribution in [2.45, 2.75) is 12.5 Å². The molecule has 5 rings (SSSR count). The number of likely N-dealkylation sites (N-methyl/N-ethyl adjacent to an activating group) is 1. The normalized spacial score (nSPS) is 17.2. The number of hydrogen-bond donors (Lipinski definition) is 1. The Bertz CT molecular complexity index is 1190. The van der Waals surface area contributed by atoms with E-state index in [1.165, 1.54) is 0 Å². The van der Waals surface area contributed by atoms with Crippen molar-refractivity contribution in [3.05, 3.63) is 47.2 Å². The van der Waals surface area contributed by atoms with Crippen molar-refractivity contribution in [2.75, 3.05) is 63.3 Å². The number of imidazole rings is 1. The van der Waals surface area contributed by atoms with Crippen LogP contribution in [0.25, 0.3) is 11.2 Å². The highest BCUT2D eigenvalue weighted by atomic mass is 32.1. The third-order valence-electron chi connectivity index (χ3n) is 5.92. The summed E-state index contributed by atoms with van der Waals surface area (Å²) in [5.41, 5.74) is 1.50. The van der Waals surface area contributed by atoms with Crippen LogP contribution in [0.3, 0.4) is 0 Å². The topological polar surface area (TPSA) is 112 Å². The largest absolute Gasteiger partial charge is 0.383 e. The van der Waals surface area contributed by atoms with Crippen molar-refractivity contribution >= 4 is 34.3 Å². The van der Waals surface area contributed by atoms with Crippen LogP contribution in [-0.2, 0) is 11.3 Å². The molecule has 0 spiro atoms. The first-order valence-corrected chi connectivity index (χ1v) is 12.1. The van der Waals surface area contributed by atoms with Crippen molar-refractivity contribution in [1.82, 2.24) is 39.8 Å². The fourth-order valence-corrected chi connectivity index (χ4v) is 4.83. The maximum absolute atomic E-state index is 5.27. The molecule has 1 aliphatic rings. The zero-order chi connectivity index (χ0) is 23.3. The molecular weight excluding hydrogens is 452 g/mol. The molecule has 12 heteroatoms. The molecule has 0 amide bonds. The summed E-state index contributed by atoms with van der Waals surface area (Å²) >= 11 is 1.68. The van der Waals surface area contributed by atoms with E-state index in [1.54, 1.807) is 37.2 Å². The van der Waals surface area contributed by atoms with Crippen LogP contribution in [0.4, 0.5) is 11.8 Å². The number of nitrogens with zero attached hydrogens (tertiary/aromatic N) is 9. The summed E-state index contributed by atoms with van der Waals surface area (Å²) in [5, 5.41) is 3.12. The van der Waals surface area contributed by atoms with Gasteiger partial charge in [0.1, 0.15) is 16.3 Å². The molecule has 11 nitrogen and oxygen atoms in total. The van der Waals surface area contributed by atoms with Gasteiger partial charge in [-0.25, -0.2) is 29.9 Å². The summed E-state index contributed by atoms with van der Waals surface area (Å²) in [6.07, 6.45) is 7.09. The molecule has 1 unspecified atom stereocenters. The van der Waals surface area contributed by atoms with E-state index < -0.39 is 0 Å². The standard InChI is InChI=1S/C22H28N10OS/c1-30(9-10-33-2)21-18-20(27-15-26-18)28-19(29-21)16-12-31(14-17-23-6-11-34-17)7-8-32(13-16)22-24-4-3-5-25-22/h3-6,11,15-16H,7-10,12-14H2,1-2H3,(H,26,27,28,29). The Labute approximate surface area is 201 Å². The second-order valence-electron chi connectivity index (χ2n) is 8.27. The molecule has 0 bridgehead atoms. The van der Waals surface area contributed by atoms with Crippen LogP contribution >= 0.6 is 11.3 Å². The van der Waals surface area contributed by atoms with Crippen molar-refractivity contribution in [1.29, 1.82) is 0 Å². The molecule has 34 heavy (non-hydrogen) atoms. The Morgan fingerprint density at radius 3 is 2.79 bits per heavy atom. The molecule has 1 atom stereocenters. The number of hydrogen-bond acceptors (Lipinski definition) is 11. The Hall–Kier alpha value is -3.22. The van der Waals surface area contributed by atoms with Crippen LogP contribution < -0.4 is 9.80 Å². The van der Waals surface area contributed by atoms with Crippen LogP contribution in [-0.4, -0.2) is 93.3 Å². The van der Waals surface area contributed by atoms with Crippen molar-refractivity contribution in [3.8, 4) is 0 Å². The van der Waals surface area contributed by atoms with E-state index in [9.17, 15) is 0 Å². The number of aromatic amines is 1. The van der Waals surface area contributed by atoms with Gasteiger partial charge in [0.05, 0.1) is 19.5 Å². The third-order valence-corrected chi connectivity index (χ3v) is 6.69. The molecule has 1 saturated heterocycles. The predicted molar refractivity (Wildman–Crippen MR) is 131 cm³/mol. The number of anilines is 2. The van der Waals surface area contributed by atoms with E-state index in [4.69, 9.17) is 14.7 Å². The van der Waals surface area contributed by atoms with Crippen LogP contribution in [0.15, 0.2) is 36.4 Å². The van der Waals surface area contributed by atoms with Crippen LogP contribution in [0.5, 0.6) is 0 Å². The van der Waals surface area contributed by atoms with E-state index >= 15 is 0 Å². The summed E-state index contributed by atoms with van der Waals surface area (Å²) in [6.45, 7) is 5.33. The lowest BCUT2D eigenvalue weighted by atomic mass is 10.1. The minimum absolute atomic E-state index is 0.0435. The molecule has 1 aliphatic heterocycles. The first-order valence-electron chi connectivity index (χ1n) is 11.2. The predicted octanol–water partition coefficient (Wildman–Crippen LogP) is 1.79. The van der Waals surface area contributed by atoms with Crippen LogP contribution in [0, 0.1) is 0 Å². The average molecular weight is 481 g/mol. The van der Waals surface area contributed by atoms with Gasteiger partial charge in [-0.15, -0.1) is 11.3 Å². The number of H-pyrrole nitrogens is 1. The van der Waals surface area contributed by atoms with Crippen molar-refractivity contribution in [2.24, 2.45) is 0 Å². The molecule has 0 aliphatic carbocycles. The van der Waals surface area contributed by atoms with E-state index in [2.05, 4.69) is 39.6 Å². The lowest BCUT2D eigenvalue weighted by Gasteiger charge is -2.25. The van der Waals surface area contributed by atoms with Crippen molar-refractivity contribution < 1.29 is 4.74 Å². The smallest absolute Gasteiger partial charge is 0.225 e. The van der Waals surface area contributed by atoms with Gasteiger partial charge in [0.25, 0.3) is 0 Å². The zero-order valence-electron chi connectivity index (χ0n) is 19.3. The molecule has 178 valence electrons. The van der Waals surface area contributed by atoms with Gasteiger partial charge in [-0.1, -0.05) is 0 Å². The third kappa shape index (κ3) is 4.98. The molecular formula is C22H28N10OS. The van der Waals surface area contributed by atoms with E-state index in [0.29, 0.717) is 18.8 Å². The molecule has 1 fully saturated rings. The molecule has 4 aromatic heterocycles. The quantitative estimate of drug-likeness (QED) is 0.400. The number of nitrogens with one attached hydrogen (secondary N) is 1. The van der Waals surface area contributed by atoms with Gasteiger partial charge in [-0.05, 0) is 6.07 Å². The van der Waals surface area contributed by atoms with Gasteiger partial charge in [0.2, 0.25) is 5.95 Å². The van der Waals surface area contributed by atoms with Gasteiger partial charge >= 0.3 is 0 Å². The monoisotopic (exact) mass is 480 g/mol. The summed E-state index contributed by atoms with van der Waals surface area (Å²) in [7, 11) is 3.71. The second kappa shape index (κ2) is 10.4. The van der Waals surface area contributed by atoms with E-state index in [1.807, 2.05) is 24.7 Å². The van der Waals surface area contributed by atoms with Gasteiger partial charge in [0, 0.05) is 76.8 Å².